The van der Waals surface area contributed by atoms with E-state index < -0.39 is 5.97 Å². The predicted molar refractivity (Wildman–Crippen MR) is 75.8 cm³/mol. The lowest BCUT2D eigenvalue weighted by molar-refractivity contribution is 0.0601. The Morgan fingerprint density at radius 2 is 2.26 bits per heavy atom. The molecule has 4 nitrogen and oxygen atoms in total. The summed E-state index contributed by atoms with van der Waals surface area (Å²) >= 11 is 4.32. The van der Waals surface area contributed by atoms with Crippen LogP contribution >= 0.6 is 12.6 Å². The van der Waals surface area contributed by atoms with E-state index in [-0.39, 0.29) is 0 Å². The molecule has 0 saturated heterocycles. The molecule has 0 spiro atoms. The monoisotopic (exact) mass is 277 g/mol. The molecule has 1 aromatic carbocycles. The van der Waals surface area contributed by atoms with E-state index >= 15 is 0 Å². The van der Waals surface area contributed by atoms with Crippen molar-refractivity contribution in [3.8, 4) is 0 Å². The second-order valence-corrected chi connectivity index (χ2v) is 4.59. The van der Waals surface area contributed by atoms with Crippen LogP contribution in [0.5, 0.6) is 0 Å². The molecule has 1 heterocycles. The second-order valence-electron chi connectivity index (χ2n) is 4.11. The van der Waals surface area contributed by atoms with Crippen molar-refractivity contribution in [2.45, 2.75) is 18.4 Å². The number of ether oxygens (including phenoxy) is 1. The molecule has 0 aliphatic carbocycles. The van der Waals surface area contributed by atoms with Crippen molar-refractivity contribution in [3.05, 3.63) is 47.4 Å². The van der Waals surface area contributed by atoms with Gasteiger partial charge in [0.15, 0.2) is 0 Å². The fourth-order valence-corrected chi connectivity index (χ4v) is 1.91. The van der Waals surface area contributed by atoms with Crippen LogP contribution in [-0.4, -0.2) is 13.1 Å². The molecule has 5 heteroatoms. The van der Waals surface area contributed by atoms with Crippen LogP contribution in [0.1, 0.15) is 21.7 Å². The van der Waals surface area contributed by atoms with Crippen LogP contribution in [0.25, 0.3) is 0 Å². The first kappa shape index (κ1) is 13.5. The van der Waals surface area contributed by atoms with Crippen molar-refractivity contribution < 1.29 is 13.9 Å². The van der Waals surface area contributed by atoms with Gasteiger partial charge in [-0.3, -0.25) is 0 Å². The molecule has 0 radical (unpaired) electrons. The predicted octanol–water partition coefficient (Wildman–Crippen LogP) is 3.28. The highest BCUT2D eigenvalue weighted by Crippen LogP contribution is 2.25. The molecule has 0 atom stereocenters. The molecule has 0 fully saturated rings. The zero-order valence-corrected chi connectivity index (χ0v) is 11.7. The Labute approximate surface area is 117 Å². The maximum atomic E-state index is 11.7. The molecule has 1 aromatic heterocycles. The molecule has 19 heavy (non-hydrogen) atoms. The zero-order valence-electron chi connectivity index (χ0n) is 10.8. The molecule has 0 unspecified atom stereocenters. The van der Waals surface area contributed by atoms with Gasteiger partial charge in [0, 0.05) is 10.6 Å². The van der Waals surface area contributed by atoms with Crippen LogP contribution in [0.3, 0.4) is 0 Å². The summed E-state index contributed by atoms with van der Waals surface area (Å²) in [5.74, 6) is 0.403. The fourth-order valence-electron chi connectivity index (χ4n) is 1.72. The van der Waals surface area contributed by atoms with Crippen LogP contribution in [0.2, 0.25) is 0 Å². The van der Waals surface area contributed by atoms with Crippen molar-refractivity contribution in [2.75, 3.05) is 12.4 Å². The molecule has 2 aromatic rings. The Balaban J connectivity index is 2.26. The van der Waals surface area contributed by atoms with Gasteiger partial charge in [0.2, 0.25) is 0 Å². The Bertz CT molecular complexity index is 579. The summed E-state index contributed by atoms with van der Waals surface area (Å²) < 4.78 is 10.0. The van der Waals surface area contributed by atoms with Gasteiger partial charge in [-0.25, -0.2) is 4.79 Å². The number of anilines is 1. The lowest BCUT2D eigenvalue weighted by Gasteiger charge is -2.12. The lowest BCUT2D eigenvalue weighted by atomic mass is 10.1. The first-order chi connectivity index (χ1) is 9.11. The number of thiol groups is 1. The Hall–Kier alpha value is -1.88. The van der Waals surface area contributed by atoms with E-state index in [2.05, 4.69) is 17.9 Å². The Morgan fingerprint density at radius 3 is 2.89 bits per heavy atom. The molecule has 2 rings (SSSR count). The van der Waals surface area contributed by atoms with Gasteiger partial charge in [-0.1, -0.05) is 0 Å². The van der Waals surface area contributed by atoms with Crippen molar-refractivity contribution in [1.82, 2.24) is 0 Å². The molecule has 0 aliphatic rings. The largest absolute Gasteiger partial charge is 0.467 e. The summed E-state index contributed by atoms with van der Waals surface area (Å²) in [4.78, 5) is 12.5. The van der Waals surface area contributed by atoms with E-state index in [1.807, 2.05) is 25.1 Å². The zero-order chi connectivity index (χ0) is 13.8. The molecular weight excluding hydrogens is 262 g/mol. The molecule has 0 amide bonds. The SMILES string of the molecule is COC(=O)c1cc(S)c(C)cc1NCc1ccco1. The van der Waals surface area contributed by atoms with Gasteiger partial charge < -0.3 is 14.5 Å². The van der Waals surface area contributed by atoms with Crippen molar-refractivity contribution in [2.24, 2.45) is 0 Å². The number of esters is 1. The smallest absolute Gasteiger partial charge is 0.340 e. The highest BCUT2D eigenvalue weighted by atomic mass is 32.1. The Kier molecular flexibility index (Phi) is 4.16. The maximum Gasteiger partial charge on any atom is 0.340 e. The third kappa shape index (κ3) is 3.12. The van der Waals surface area contributed by atoms with E-state index in [9.17, 15) is 4.79 Å². The number of hydrogen-bond donors (Lipinski definition) is 2. The standard InChI is InChI=1S/C14H15NO3S/c1-9-6-12(15-8-10-4-3-5-18-10)11(7-13(9)19)14(16)17-2/h3-7,15,19H,8H2,1-2H3. The van der Waals surface area contributed by atoms with Crippen LogP contribution < -0.4 is 5.32 Å². The number of rotatable bonds is 4. The number of hydrogen-bond acceptors (Lipinski definition) is 5. The van der Waals surface area contributed by atoms with Crippen molar-refractivity contribution in [3.63, 3.8) is 0 Å². The highest BCUT2D eigenvalue weighted by Gasteiger charge is 2.14. The average Bonchev–Trinajstić information content (AvgIpc) is 2.92. The van der Waals surface area contributed by atoms with E-state index in [4.69, 9.17) is 9.15 Å². The van der Waals surface area contributed by atoms with Crippen LogP contribution in [-0.2, 0) is 11.3 Å². The number of aryl methyl sites for hydroxylation is 1. The highest BCUT2D eigenvalue weighted by molar-refractivity contribution is 7.80. The number of nitrogens with one attached hydrogen (secondary N) is 1. The van der Waals surface area contributed by atoms with Crippen LogP contribution in [0.4, 0.5) is 5.69 Å². The molecule has 0 saturated carbocycles. The summed E-state index contributed by atoms with van der Waals surface area (Å²) in [6, 6.07) is 7.26. The number of carbonyl (C=O) groups is 1. The van der Waals surface area contributed by atoms with Gasteiger partial charge in [-0.05, 0) is 36.8 Å². The van der Waals surface area contributed by atoms with Crippen molar-refractivity contribution in [1.29, 1.82) is 0 Å². The first-order valence-corrected chi connectivity index (χ1v) is 6.24. The second kappa shape index (κ2) is 5.84. The van der Waals surface area contributed by atoms with Gasteiger partial charge in [-0.2, -0.15) is 0 Å². The van der Waals surface area contributed by atoms with Gasteiger partial charge in [-0.15, -0.1) is 12.6 Å². The quantitative estimate of drug-likeness (QED) is 0.665. The van der Waals surface area contributed by atoms with Gasteiger partial charge in [0.1, 0.15) is 5.76 Å². The lowest BCUT2D eigenvalue weighted by Crippen LogP contribution is -2.08. The third-order valence-electron chi connectivity index (χ3n) is 2.77. The molecule has 0 aliphatic heterocycles. The number of furan rings is 1. The average molecular weight is 277 g/mol. The summed E-state index contributed by atoms with van der Waals surface area (Å²) in [6.07, 6.45) is 1.61. The first-order valence-electron chi connectivity index (χ1n) is 5.80. The van der Waals surface area contributed by atoms with E-state index in [1.54, 1.807) is 12.3 Å². The van der Waals surface area contributed by atoms with Gasteiger partial charge >= 0.3 is 5.97 Å². The molecule has 0 bridgehead atoms. The van der Waals surface area contributed by atoms with Crippen LogP contribution in [0.15, 0.2) is 39.8 Å². The van der Waals surface area contributed by atoms with Crippen molar-refractivity contribution >= 4 is 24.3 Å². The van der Waals surface area contributed by atoms with E-state index in [0.29, 0.717) is 17.8 Å². The minimum absolute atomic E-state index is 0.391. The normalized spacial score (nSPS) is 10.3. The summed E-state index contributed by atoms with van der Waals surface area (Å²) in [7, 11) is 1.36. The summed E-state index contributed by atoms with van der Waals surface area (Å²) in [5, 5.41) is 3.17. The number of benzene rings is 1. The number of methoxy groups -OCH3 is 1. The molecule has 1 N–H and O–H groups in total. The van der Waals surface area contributed by atoms with Crippen LogP contribution in [0, 0.1) is 6.92 Å². The Morgan fingerprint density at radius 1 is 1.47 bits per heavy atom. The van der Waals surface area contributed by atoms with Gasteiger partial charge in [0.25, 0.3) is 0 Å². The third-order valence-corrected chi connectivity index (χ3v) is 3.26. The van der Waals surface area contributed by atoms with E-state index in [1.165, 1.54) is 7.11 Å². The fraction of sp³-hybridized carbons (Fsp3) is 0.214. The maximum absolute atomic E-state index is 11.7. The summed E-state index contributed by atoms with van der Waals surface area (Å²) in [6.45, 7) is 2.43. The topological polar surface area (TPSA) is 51.5 Å². The van der Waals surface area contributed by atoms with Gasteiger partial charge in [0.05, 0.1) is 25.5 Å². The molecule has 100 valence electrons. The molecular formula is C14H15NO3S. The number of carbonyl (C=O) groups excluding carboxylic acids is 1. The van der Waals surface area contributed by atoms with E-state index in [0.717, 1.165) is 16.2 Å². The minimum Gasteiger partial charge on any atom is -0.467 e. The summed E-state index contributed by atoms with van der Waals surface area (Å²) in [5.41, 5.74) is 2.15. The minimum atomic E-state index is -0.391.